The summed E-state index contributed by atoms with van der Waals surface area (Å²) < 4.78 is 12.9. The summed E-state index contributed by atoms with van der Waals surface area (Å²) in [5.41, 5.74) is 20.4. The van der Waals surface area contributed by atoms with E-state index in [1.165, 1.54) is 38.9 Å². The van der Waals surface area contributed by atoms with Crippen LogP contribution in [0.1, 0.15) is 36.1 Å². The van der Waals surface area contributed by atoms with Crippen molar-refractivity contribution in [3.8, 4) is 78.7 Å². The fraction of sp³-hybridized carbons (Fsp3) is 0.0806. The van der Waals surface area contributed by atoms with Crippen LogP contribution >= 0.6 is 0 Å². The molecule has 0 atom stereocenters. The van der Waals surface area contributed by atoms with Gasteiger partial charge in [0.1, 0.15) is 22.3 Å². The van der Waals surface area contributed by atoms with E-state index in [4.69, 9.17) is 23.8 Å². The van der Waals surface area contributed by atoms with Crippen LogP contribution in [0.5, 0.6) is 0 Å². The summed E-state index contributed by atoms with van der Waals surface area (Å²) in [5, 5.41) is 4.01. The average molecular weight is 862 g/mol. The predicted octanol–water partition coefficient (Wildman–Crippen LogP) is 16.6. The summed E-state index contributed by atoms with van der Waals surface area (Å²) in [4.78, 5) is 16.0. The smallest absolute Gasteiger partial charge is 0.164 e. The molecule has 0 radical (unpaired) electrons. The van der Waals surface area contributed by atoms with Crippen LogP contribution in [0.2, 0.25) is 0 Å². The third-order valence-corrected chi connectivity index (χ3v) is 14.0. The second kappa shape index (κ2) is 14.8. The maximum Gasteiger partial charge on any atom is 0.164 e. The van der Waals surface area contributed by atoms with Crippen LogP contribution in [-0.2, 0) is 5.41 Å². The van der Waals surface area contributed by atoms with Gasteiger partial charge in [0.25, 0.3) is 0 Å². The van der Waals surface area contributed by atoms with E-state index < -0.39 is 0 Å². The highest BCUT2D eigenvalue weighted by Crippen LogP contribution is 2.50. The van der Waals surface area contributed by atoms with Gasteiger partial charge in [0.2, 0.25) is 0 Å². The molecule has 67 heavy (non-hydrogen) atoms. The number of nitrogens with zero attached hydrogens (tertiary/aromatic N) is 3. The first-order chi connectivity index (χ1) is 32.8. The van der Waals surface area contributed by atoms with E-state index in [0.717, 1.165) is 88.4 Å². The first kappa shape index (κ1) is 39.0. The fourth-order valence-electron chi connectivity index (χ4n) is 10.6. The molecule has 0 bridgehead atoms. The molecule has 5 heteroatoms. The number of hydrogen-bond donors (Lipinski definition) is 0. The summed E-state index contributed by atoms with van der Waals surface area (Å²) in [6.07, 6.45) is 0. The Kier molecular flexibility index (Phi) is 8.62. The van der Waals surface area contributed by atoms with Crippen LogP contribution in [-0.4, -0.2) is 15.0 Å². The molecule has 0 N–H and O–H groups in total. The molecule has 0 aliphatic heterocycles. The predicted molar refractivity (Wildman–Crippen MR) is 274 cm³/mol. The zero-order valence-electron chi connectivity index (χ0n) is 37.6. The standard InChI is InChI=1S/C62H43N3O2/c1-36-14-5-6-18-43(36)57-37(2)15-11-21-47(57)60-63-59(42-28-31-54-49(34-42)46-20-8-10-24-53(46)66-54)64-61(65-60)48-22-13-25-56-58(48)50-33-40(27-30-55(50)67-56)38-16-12-17-39(32-38)41-26-29-45-44-19-7-9-23-51(44)62(3,4)52(45)35-41/h5-35H,1-4H3. The quantitative estimate of drug-likeness (QED) is 0.167. The molecule has 0 unspecified atom stereocenters. The monoisotopic (exact) mass is 861 g/mol. The van der Waals surface area contributed by atoms with E-state index in [1.54, 1.807) is 0 Å². The van der Waals surface area contributed by atoms with Gasteiger partial charge in [-0.3, -0.25) is 0 Å². The van der Waals surface area contributed by atoms with Gasteiger partial charge in [-0.15, -0.1) is 0 Å². The van der Waals surface area contributed by atoms with Crippen LogP contribution in [0.3, 0.4) is 0 Å². The highest BCUT2D eigenvalue weighted by Gasteiger charge is 2.35. The minimum Gasteiger partial charge on any atom is -0.456 e. The molecule has 3 aromatic heterocycles. The van der Waals surface area contributed by atoms with Crippen LogP contribution in [0.4, 0.5) is 0 Å². The van der Waals surface area contributed by atoms with Gasteiger partial charge in [0, 0.05) is 43.7 Å². The van der Waals surface area contributed by atoms with E-state index in [9.17, 15) is 0 Å². The van der Waals surface area contributed by atoms with Crippen molar-refractivity contribution in [2.75, 3.05) is 0 Å². The van der Waals surface area contributed by atoms with E-state index in [2.05, 4.69) is 173 Å². The van der Waals surface area contributed by atoms with Crippen molar-refractivity contribution >= 4 is 43.9 Å². The fourth-order valence-corrected chi connectivity index (χ4v) is 10.6. The molecule has 13 rings (SSSR count). The number of fused-ring (bicyclic) bond motifs is 9. The summed E-state index contributed by atoms with van der Waals surface area (Å²) in [5.74, 6) is 1.74. The summed E-state index contributed by atoms with van der Waals surface area (Å²) >= 11 is 0. The van der Waals surface area contributed by atoms with Crippen LogP contribution in [0.15, 0.2) is 197 Å². The maximum absolute atomic E-state index is 6.62. The maximum atomic E-state index is 6.62. The number of benzene rings is 9. The Morgan fingerprint density at radius 3 is 1.73 bits per heavy atom. The Morgan fingerprint density at radius 1 is 0.343 bits per heavy atom. The molecule has 0 fully saturated rings. The number of hydrogen-bond acceptors (Lipinski definition) is 5. The molecule has 3 heterocycles. The highest BCUT2D eigenvalue weighted by atomic mass is 16.3. The Bertz CT molecular complexity index is 4000. The van der Waals surface area contributed by atoms with Gasteiger partial charge in [-0.2, -0.15) is 0 Å². The van der Waals surface area contributed by atoms with Crippen molar-refractivity contribution in [3.05, 3.63) is 210 Å². The van der Waals surface area contributed by atoms with E-state index >= 15 is 0 Å². The van der Waals surface area contributed by atoms with Crippen molar-refractivity contribution in [2.45, 2.75) is 33.1 Å². The zero-order valence-corrected chi connectivity index (χ0v) is 37.6. The molecule has 1 aliphatic carbocycles. The molecule has 12 aromatic rings. The SMILES string of the molecule is Cc1ccccc1-c1c(C)cccc1-c1nc(-c2ccc3oc4ccccc4c3c2)nc(-c2cccc3oc4ccc(-c5cccc(-c6ccc7c(c6)C(C)(C)c6ccccc6-7)c5)cc4c23)n1. The Morgan fingerprint density at radius 2 is 0.881 bits per heavy atom. The Hall–Kier alpha value is -8.41. The second-order valence-corrected chi connectivity index (χ2v) is 18.4. The molecule has 9 aromatic carbocycles. The molecule has 318 valence electrons. The molecule has 0 saturated carbocycles. The van der Waals surface area contributed by atoms with E-state index in [1.807, 2.05) is 42.5 Å². The first-order valence-corrected chi connectivity index (χ1v) is 22.9. The van der Waals surface area contributed by atoms with Crippen molar-refractivity contribution in [3.63, 3.8) is 0 Å². The van der Waals surface area contributed by atoms with Gasteiger partial charge >= 0.3 is 0 Å². The minimum absolute atomic E-state index is 0.0732. The van der Waals surface area contributed by atoms with Gasteiger partial charge in [0.05, 0.1) is 0 Å². The Balaban J connectivity index is 0.974. The van der Waals surface area contributed by atoms with Crippen molar-refractivity contribution in [1.82, 2.24) is 15.0 Å². The molecule has 0 spiro atoms. The third kappa shape index (κ3) is 6.19. The van der Waals surface area contributed by atoms with Gasteiger partial charge < -0.3 is 8.83 Å². The average Bonchev–Trinajstić information content (AvgIpc) is 4.01. The zero-order chi connectivity index (χ0) is 45.0. The largest absolute Gasteiger partial charge is 0.456 e. The minimum atomic E-state index is -0.0732. The van der Waals surface area contributed by atoms with E-state index in [0.29, 0.717) is 17.5 Å². The van der Waals surface area contributed by atoms with E-state index in [-0.39, 0.29) is 5.41 Å². The van der Waals surface area contributed by atoms with Gasteiger partial charge in [-0.05, 0) is 135 Å². The number of aryl methyl sites for hydroxylation is 2. The molecule has 1 aliphatic rings. The lowest BCUT2D eigenvalue weighted by atomic mass is 9.81. The summed E-state index contributed by atoms with van der Waals surface area (Å²) in [6.45, 7) is 8.98. The molecule has 0 saturated heterocycles. The topological polar surface area (TPSA) is 65.0 Å². The van der Waals surface area contributed by atoms with Crippen LogP contribution in [0, 0.1) is 13.8 Å². The van der Waals surface area contributed by atoms with Gasteiger partial charge in [-0.1, -0.05) is 147 Å². The highest BCUT2D eigenvalue weighted by molar-refractivity contribution is 6.13. The lowest BCUT2D eigenvalue weighted by Gasteiger charge is -2.22. The molecular weight excluding hydrogens is 819 g/mol. The van der Waals surface area contributed by atoms with Crippen molar-refractivity contribution < 1.29 is 8.83 Å². The molecular formula is C62H43N3O2. The Labute approximate surface area is 388 Å². The number of furan rings is 2. The molecule has 5 nitrogen and oxygen atoms in total. The summed E-state index contributed by atoms with van der Waals surface area (Å²) in [7, 11) is 0. The number of rotatable bonds is 6. The normalized spacial score (nSPS) is 12.9. The summed E-state index contributed by atoms with van der Waals surface area (Å²) in [6, 6.07) is 66.5. The lowest BCUT2D eigenvalue weighted by Crippen LogP contribution is -2.14. The van der Waals surface area contributed by atoms with Crippen molar-refractivity contribution in [1.29, 1.82) is 0 Å². The number of para-hydroxylation sites is 1. The van der Waals surface area contributed by atoms with Crippen molar-refractivity contribution in [2.24, 2.45) is 0 Å². The van der Waals surface area contributed by atoms with Gasteiger partial charge in [-0.25, -0.2) is 15.0 Å². The van der Waals surface area contributed by atoms with Crippen LogP contribution < -0.4 is 0 Å². The third-order valence-electron chi connectivity index (χ3n) is 14.0. The first-order valence-electron chi connectivity index (χ1n) is 22.9. The second-order valence-electron chi connectivity index (χ2n) is 18.4. The number of aromatic nitrogens is 3. The van der Waals surface area contributed by atoms with Gasteiger partial charge in [0.15, 0.2) is 17.5 Å². The van der Waals surface area contributed by atoms with Crippen LogP contribution in [0.25, 0.3) is 123 Å². The lowest BCUT2D eigenvalue weighted by molar-refractivity contribution is 0.660. The molecule has 0 amide bonds.